The molecule has 6 heteroatoms. The van der Waals surface area contributed by atoms with Crippen LogP contribution in [0.2, 0.25) is 0 Å². The Morgan fingerprint density at radius 3 is 2.67 bits per heavy atom. The molecule has 0 aromatic heterocycles. The average Bonchev–Trinajstić information content (AvgIpc) is 2.17. The number of carbonyl (C=O) groups excluding carboxylic acids is 1. The van der Waals surface area contributed by atoms with Gasteiger partial charge in [0.05, 0.1) is 23.6 Å². The van der Waals surface area contributed by atoms with Crippen LogP contribution in [0.1, 0.15) is 17.3 Å². The van der Waals surface area contributed by atoms with Crippen molar-refractivity contribution >= 4 is 11.7 Å². The Hall–Kier alpha value is -2.11. The van der Waals surface area contributed by atoms with Crippen molar-refractivity contribution in [3.8, 4) is 5.75 Å². The lowest BCUT2D eigenvalue weighted by Crippen LogP contribution is -2.23. The Morgan fingerprint density at radius 2 is 2.20 bits per heavy atom. The minimum absolute atomic E-state index is 0.0494. The van der Waals surface area contributed by atoms with Crippen LogP contribution in [0.3, 0.4) is 0 Å². The molecule has 0 heterocycles. The van der Waals surface area contributed by atoms with E-state index >= 15 is 0 Å². The predicted molar refractivity (Wildman–Crippen MR) is 48.6 cm³/mol. The second-order valence-corrected chi connectivity index (χ2v) is 2.66. The van der Waals surface area contributed by atoms with Gasteiger partial charge >= 0.3 is 0 Å². The molecule has 0 fully saturated rings. The van der Waals surface area contributed by atoms with Gasteiger partial charge in [0, 0.05) is 11.6 Å². The molecule has 0 N–H and O–H groups in total. The molecule has 0 saturated carbocycles. The van der Waals surface area contributed by atoms with Gasteiger partial charge in [-0.2, -0.15) is 0 Å². The number of ether oxygens (including phenoxy) is 1. The zero-order valence-corrected chi connectivity index (χ0v) is 7.93. The number of carboxylic acid groups (broad SMARTS) is 1. The van der Waals surface area contributed by atoms with E-state index in [0.29, 0.717) is 0 Å². The second kappa shape index (κ2) is 4.41. The minimum atomic E-state index is -1.42. The lowest BCUT2D eigenvalue weighted by Gasteiger charge is -2.09. The number of carboxylic acids is 1. The number of carbonyl (C=O) groups is 1. The number of rotatable bonds is 4. The molecule has 1 aromatic rings. The lowest BCUT2D eigenvalue weighted by atomic mass is 10.2. The largest absolute Gasteiger partial charge is 0.545 e. The summed E-state index contributed by atoms with van der Waals surface area (Å²) in [5.74, 6) is -1.47. The molecule has 0 aliphatic carbocycles. The van der Waals surface area contributed by atoms with E-state index in [4.69, 9.17) is 4.74 Å². The quantitative estimate of drug-likeness (QED) is 0.528. The summed E-state index contributed by atoms with van der Waals surface area (Å²) in [5.41, 5.74) is -0.411. The zero-order chi connectivity index (χ0) is 11.4. The summed E-state index contributed by atoms with van der Waals surface area (Å²) in [4.78, 5) is 20.4. The highest BCUT2D eigenvalue weighted by atomic mass is 16.6. The van der Waals surface area contributed by atoms with E-state index < -0.39 is 10.9 Å². The van der Waals surface area contributed by atoms with Crippen LogP contribution in [0.15, 0.2) is 18.2 Å². The maximum atomic E-state index is 10.6. The third kappa shape index (κ3) is 2.43. The summed E-state index contributed by atoms with van der Waals surface area (Å²) >= 11 is 0. The van der Waals surface area contributed by atoms with Crippen molar-refractivity contribution in [2.24, 2.45) is 0 Å². The van der Waals surface area contributed by atoms with Crippen LogP contribution in [-0.4, -0.2) is 17.5 Å². The van der Waals surface area contributed by atoms with Crippen LogP contribution in [0, 0.1) is 10.1 Å². The lowest BCUT2D eigenvalue weighted by molar-refractivity contribution is -0.384. The molecule has 15 heavy (non-hydrogen) atoms. The van der Waals surface area contributed by atoms with E-state index in [2.05, 4.69) is 0 Å². The Labute approximate surface area is 85.2 Å². The number of nitro benzene ring substituents is 1. The maximum absolute atomic E-state index is 10.6. The van der Waals surface area contributed by atoms with Crippen LogP contribution in [0.5, 0.6) is 5.75 Å². The van der Waals surface area contributed by atoms with Crippen molar-refractivity contribution in [1.29, 1.82) is 0 Å². The van der Waals surface area contributed by atoms with E-state index in [1.807, 2.05) is 0 Å². The van der Waals surface area contributed by atoms with E-state index in [1.165, 1.54) is 0 Å². The first kappa shape index (κ1) is 11.0. The molecule has 1 aromatic carbocycles. The van der Waals surface area contributed by atoms with Crippen molar-refractivity contribution in [3.63, 3.8) is 0 Å². The summed E-state index contributed by atoms with van der Waals surface area (Å²) in [5, 5.41) is 21.0. The van der Waals surface area contributed by atoms with Gasteiger partial charge in [-0.15, -0.1) is 0 Å². The molecule has 0 radical (unpaired) electrons. The molecule has 0 spiro atoms. The summed E-state index contributed by atoms with van der Waals surface area (Å²) in [6.07, 6.45) is 0. The van der Waals surface area contributed by atoms with Gasteiger partial charge in [0.2, 0.25) is 0 Å². The van der Waals surface area contributed by atoms with Gasteiger partial charge in [0.15, 0.2) is 0 Å². The molecule has 80 valence electrons. The van der Waals surface area contributed by atoms with Gasteiger partial charge in [0.1, 0.15) is 5.75 Å². The summed E-state index contributed by atoms with van der Waals surface area (Å²) in [7, 11) is 0. The van der Waals surface area contributed by atoms with Crippen molar-refractivity contribution in [1.82, 2.24) is 0 Å². The molecule has 6 nitrogen and oxygen atoms in total. The van der Waals surface area contributed by atoms with Crippen LogP contribution >= 0.6 is 0 Å². The second-order valence-electron chi connectivity index (χ2n) is 2.66. The first-order valence-corrected chi connectivity index (χ1v) is 4.18. The molecule has 0 unspecified atom stereocenters. The fourth-order valence-electron chi connectivity index (χ4n) is 1.07. The summed E-state index contributed by atoms with van der Waals surface area (Å²) in [6.45, 7) is 1.87. The standard InChI is InChI=1S/C9H9NO5/c1-2-15-8-5-6(10(13)14)3-4-7(8)9(11)12/h3-5H,2H2,1H3,(H,11,12)/p-1. The average molecular weight is 210 g/mol. The van der Waals surface area contributed by atoms with Gasteiger partial charge in [-0.25, -0.2) is 0 Å². The molecule has 0 bridgehead atoms. The Kier molecular flexibility index (Phi) is 3.22. The number of hydrogen-bond acceptors (Lipinski definition) is 5. The van der Waals surface area contributed by atoms with Crippen LogP contribution in [0.25, 0.3) is 0 Å². The van der Waals surface area contributed by atoms with Gasteiger partial charge in [-0.1, -0.05) is 0 Å². The number of aromatic carboxylic acids is 1. The number of benzene rings is 1. The predicted octanol–water partition coefficient (Wildman–Crippen LogP) is 0.357. The monoisotopic (exact) mass is 210 g/mol. The van der Waals surface area contributed by atoms with Crippen LogP contribution in [0.4, 0.5) is 5.69 Å². The highest BCUT2D eigenvalue weighted by Gasteiger charge is 2.11. The van der Waals surface area contributed by atoms with E-state index in [1.54, 1.807) is 6.92 Å². The van der Waals surface area contributed by atoms with Gasteiger partial charge in [-0.3, -0.25) is 10.1 Å². The van der Waals surface area contributed by atoms with Crippen LogP contribution in [-0.2, 0) is 0 Å². The van der Waals surface area contributed by atoms with Crippen molar-refractivity contribution in [2.45, 2.75) is 6.92 Å². The Balaban J connectivity index is 3.20. The summed E-state index contributed by atoms with van der Waals surface area (Å²) in [6, 6.07) is 3.25. The normalized spacial score (nSPS) is 9.67. The van der Waals surface area contributed by atoms with E-state index in [-0.39, 0.29) is 23.6 Å². The van der Waals surface area contributed by atoms with Crippen molar-refractivity contribution in [2.75, 3.05) is 6.61 Å². The Morgan fingerprint density at radius 1 is 1.53 bits per heavy atom. The SMILES string of the molecule is CCOc1cc([N+](=O)[O-])ccc1C(=O)[O-]. The molecular formula is C9H8NO5-. The third-order valence-corrected chi connectivity index (χ3v) is 1.70. The molecule has 0 aliphatic rings. The van der Waals surface area contributed by atoms with E-state index in [9.17, 15) is 20.0 Å². The van der Waals surface area contributed by atoms with Crippen LogP contribution < -0.4 is 9.84 Å². The van der Waals surface area contributed by atoms with Gasteiger partial charge in [0.25, 0.3) is 5.69 Å². The Bertz CT molecular complexity index is 401. The van der Waals surface area contributed by atoms with Gasteiger partial charge in [-0.05, 0) is 13.0 Å². The molecule has 0 amide bonds. The number of hydrogen-bond donors (Lipinski definition) is 0. The summed E-state index contributed by atoms with van der Waals surface area (Å²) < 4.78 is 4.96. The molecule has 1 rings (SSSR count). The van der Waals surface area contributed by atoms with E-state index in [0.717, 1.165) is 18.2 Å². The smallest absolute Gasteiger partial charge is 0.273 e. The fourth-order valence-corrected chi connectivity index (χ4v) is 1.07. The van der Waals surface area contributed by atoms with Crippen molar-refractivity contribution < 1.29 is 19.6 Å². The minimum Gasteiger partial charge on any atom is -0.545 e. The zero-order valence-electron chi connectivity index (χ0n) is 7.93. The number of nitro groups is 1. The first-order chi connectivity index (χ1) is 7.06. The molecule has 0 saturated heterocycles. The van der Waals surface area contributed by atoms with Crippen molar-refractivity contribution in [3.05, 3.63) is 33.9 Å². The third-order valence-electron chi connectivity index (χ3n) is 1.70. The number of nitrogens with zero attached hydrogens (tertiary/aromatic N) is 1. The number of non-ortho nitro benzene ring substituents is 1. The van der Waals surface area contributed by atoms with Gasteiger partial charge < -0.3 is 14.6 Å². The molecule has 0 aliphatic heterocycles. The highest BCUT2D eigenvalue weighted by molar-refractivity contribution is 5.89. The highest BCUT2D eigenvalue weighted by Crippen LogP contribution is 2.24. The molecular weight excluding hydrogens is 202 g/mol. The first-order valence-electron chi connectivity index (χ1n) is 4.18. The topological polar surface area (TPSA) is 92.5 Å². The maximum Gasteiger partial charge on any atom is 0.273 e. The fraction of sp³-hybridized carbons (Fsp3) is 0.222. The molecule has 0 atom stereocenters.